The monoisotopic (exact) mass is 306 g/mol. The fraction of sp³-hybridized carbons (Fsp3) is 0.200. The fourth-order valence-corrected chi connectivity index (χ4v) is 4.04. The maximum absolute atomic E-state index is 2.34. The first-order chi connectivity index (χ1) is 7.79. The van der Waals surface area contributed by atoms with Crippen molar-refractivity contribution in [2.24, 2.45) is 0 Å². The van der Waals surface area contributed by atoms with Gasteiger partial charge < -0.3 is 17.0 Å². The molecule has 0 saturated carbocycles. The lowest BCUT2D eigenvalue weighted by atomic mass is 10.1. The van der Waals surface area contributed by atoms with Crippen molar-refractivity contribution in [3.05, 3.63) is 59.7 Å². The van der Waals surface area contributed by atoms with Crippen LogP contribution in [-0.2, 0) is 10.9 Å². The molecule has 0 aromatic heterocycles. The van der Waals surface area contributed by atoms with Crippen LogP contribution >= 0.6 is 0 Å². The maximum atomic E-state index is 2.34. The van der Waals surface area contributed by atoms with Gasteiger partial charge in [-0.2, -0.15) is 0 Å². The third-order valence-corrected chi connectivity index (χ3v) is 4.70. The van der Waals surface area contributed by atoms with Crippen molar-refractivity contribution in [3.63, 3.8) is 0 Å². The molecule has 1 aliphatic rings. The zero-order chi connectivity index (χ0) is 11.1. The summed E-state index contributed by atoms with van der Waals surface area (Å²) in [7, 11) is 0.386. The SMILES string of the molecule is C[S+](C)C1c2ccccc2-c2ccccc21.[Br-]. The second-order valence-electron chi connectivity index (χ2n) is 4.43. The molecular weight excluding hydrogens is 292 g/mol. The molecule has 0 N–H and O–H groups in total. The van der Waals surface area contributed by atoms with Crippen molar-refractivity contribution < 1.29 is 17.0 Å². The highest BCUT2D eigenvalue weighted by molar-refractivity contribution is 7.96. The molecule has 3 rings (SSSR count). The van der Waals surface area contributed by atoms with E-state index in [9.17, 15) is 0 Å². The Kier molecular flexibility index (Phi) is 3.64. The van der Waals surface area contributed by atoms with Gasteiger partial charge in [0.15, 0.2) is 5.25 Å². The van der Waals surface area contributed by atoms with Crippen LogP contribution in [0.2, 0.25) is 0 Å². The van der Waals surface area contributed by atoms with Crippen LogP contribution in [0.15, 0.2) is 48.5 Å². The molecule has 0 spiro atoms. The van der Waals surface area contributed by atoms with Gasteiger partial charge in [-0.1, -0.05) is 48.5 Å². The summed E-state index contributed by atoms with van der Waals surface area (Å²) in [4.78, 5) is 0. The highest BCUT2D eigenvalue weighted by Gasteiger charge is 2.35. The van der Waals surface area contributed by atoms with Gasteiger partial charge in [-0.3, -0.25) is 0 Å². The van der Waals surface area contributed by atoms with E-state index in [-0.39, 0.29) is 17.0 Å². The molecule has 17 heavy (non-hydrogen) atoms. The molecule has 0 atom stereocenters. The molecule has 0 unspecified atom stereocenters. The Hall–Kier alpha value is -0.730. The van der Waals surface area contributed by atoms with Gasteiger partial charge in [0, 0.05) is 11.1 Å². The minimum atomic E-state index is 0. The van der Waals surface area contributed by atoms with Gasteiger partial charge in [-0.15, -0.1) is 0 Å². The minimum Gasteiger partial charge on any atom is -1.00 e. The summed E-state index contributed by atoms with van der Waals surface area (Å²) in [5.41, 5.74) is 5.89. The molecule has 2 heteroatoms. The fourth-order valence-electron chi connectivity index (χ4n) is 2.62. The van der Waals surface area contributed by atoms with Crippen molar-refractivity contribution in [1.82, 2.24) is 0 Å². The summed E-state index contributed by atoms with van der Waals surface area (Å²) in [6.45, 7) is 0. The lowest BCUT2D eigenvalue weighted by molar-refractivity contribution is -0.00000321. The largest absolute Gasteiger partial charge is 1.00 e. The highest BCUT2D eigenvalue weighted by atomic mass is 79.9. The van der Waals surface area contributed by atoms with Gasteiger partial charge in [0.05, 0.1) is 12.5 Å². The Morgan fingerprint density at radius 2 is 1.18 bits per heavy atom. The highest BCUT2D eigenvalue weighted by Crippen LogP contribution is 2.46. The average Bonchev–Trinajstić information content (AvgIpc) is 2.63. The molecule has 0 nitrogen and oxygen atoms in total. The summed E-state index contributed by atoms with van der Waals surface area (Å²) >= 11 is 0. The molecule has 2 aromatic rings. The van der Waals surface area contributed by atoms with Gasteiger partial charge in [0.2, 0.25) is 0 Å². The van der Waals surface area contributed by atoms with E-state index in [1.807, 2.05) is 0 Å². The molecule has 0 heterocycles. The van der Waals surface area contributed by atoms with E-state index in [4.69, 9.17) is 0 Å². The summed E-state index contributed by atoms with van der Waals surface area (Å²) in [5, 5.41) is 0.604. The first-order valence-electron chi connectivity index (χ1n) is 5.53. The van der Waals surface area contributed by atoms with Gasteiger partial charge >= 0.3 is 0 Å². The average molecular weight is 307 g/mol. The predicted molar refractivity (Wildman–Crippen MR) is 72.9 cm³/mol. The molecular formula is C15H15BrS. The zero-order valence-electron chi connectivity index (χ0n) is 9.98. The standard InChI is InChI=1S/C15H15S.BrH/c1-16(2)15-13-9-5-3-7-11(13)12-8-4-6-10-14(12)15;/h3-10,15H,1-2H3;1H/q+1;/p-1. The molecule has 1 aliphatic carbocycles. The van der Waals surface area contributed by atoms with E-state index in [2.05, 4.69) is 61.0 Å². The number of benzene rings is 2. The number of fused-ring (bicyclic) bond motifs is 3. The van der Waals surface area contributed by atoms with Crippen LogP contribution < -0.4 is 17.0 Å². The van der Waals surface area contributed by atoms with Crippen LogP contribution in [0.4, 0.5) is 0 Å². The van der Waals surface area contributed by atoms with Crippen molar-refractivity contribution in [1.29, 1.82) is 0 Å². The molecule has 88 valence electrons. The molecule has 0 bridgehead atoms. The predicted octanol–water partition coefficient (Wildman–Crippen LogP) is 0.638. The van der Waals surface area contributed by atoms with E-state index in [1.54, 1.807) is 0 Å². The maximum Gasteiger partial charge on any atom is 0.168 e. The Labute approximate surface area is 116 Å². The molecule has 2 aromatic carbocycles. The molecule has 0 saturated heterocycles. The lowest BCUT2D eigenvalue weighted by Gasteiger charge is -2.09. The van der Waals surface area contributed by atoms with Crippen molar-refractivity contribution in [2.45, 2.75) is 5.25 Å². The normalized spacial score (nSPS) is 13.1. The minimum absolute atomic E-state index is 0. The van der Waals surface area contributed by atoms with Gasteiger partial charge in [0.1, 0.15) is 0 Å². The van der Waals surface area contributed by atoms with Gasteiger partial charge in [-0.25, -0.2) is 0 Å². The van der Waals surface area contributed by atoms with Crippen LogP contribution in [0.5, 0.6) is 0 Å². The summed E-state index contributed by atoms with van der Waals surface area (Å²) in [6, 6.07) is 17.7. The second-order valence-corrected chi connectivity index (χ2v) is 6.66. The van der Waals surface area contributed by atoms with E-state index in [1.165, 1.54) is 22.3 Å². The topological polar surface area (TPSA) is 0 Å². The van der Waals surface area contributed by atoms with Gasteiger partial charge in [0.25, 0.3) is 0 Å². The third kappa shape index (κ3) is 1.94. The summed E-state index contributed by atoms with van der Waals surface area (Å²) in [6.07, 6.45) is 4.67. The van der Waals surface area contributed by atoms with Crippen LogP contribution in [0.1, 0.15) is 16.4 Å². The molecule has 0 amide bonds. The van der Waals surface area contributed by atoms with Gasteiger partial charge in [-0.05, 0) is 22.0 Å². The van der Waals surface area contributed by atoms with Crippen LogP contribution in [0.3, 0.4) is 0 Å². The van der Waals surface area contributed by atoms with E-state index >= 15 is 0 Å². The number of rotatable bonds is 1. The number of hydrogen-bond donors (Lipinski definition) is 0. The molecule has 0 radical (unpaired) electrons. The van der Waals surface area contributed by atoms with E-state index in [0.29, 0.717) is 16.1 Å². The summed E-state index contributed by atoms with van der Waals surface area (Å²) in [5.74, 6) is 0. The summed E-state index contributed by atoms with van der Waals surface area (Å²) < 4.78 is 0. The molecule has 0 fully saturated rings. The van der Waals surface area contributed by atoms with Crippen LogP contribution in [-0.4, -0.2) is 12.5 Å². The zero-order valence-corrected chi connectivity index (χ0v) is 12.4. The van der Waals surface area contributed by atoms with Crippen molar-refractivity contribution >= 4 is 10.9 Å². The first kappa shape index (κ1) is 12.7. The second kappa shape index (κ2) is 4.87. The quantitative estimate of drug-likeness (QED) is 0.678. The van der Waals surface area contributed by atoms with E-state index < -0.39 is 0 Å². The van der Waals surface area contributed by atoms with E-state index in [0.717, 1.165) is 0 Å². The smallest absolute Gasteiger partial charge is 0.168 e. The lowest BCUT2D eigenvalue weighted by Crippen LogP contribution is -3.00. The number of halogens is 1. The first-order valence-corrected chi connectivity index (χ1v) is 7.64. The van der Waals surface area contributed by atoms with Crippen LogP contribution in [0.25, 0.3) is 11.1 Å². The Morgan fingerprint density at radius 3 is 1.59 bits per heavy atom. The Morgan fingerprint density at radius 1 is 0.765 bits per heavy atom. The number of hydrogen-bond acceptors (Lipinski definition) is 0. The third-order valence-electron chi connectivity index (χ3n) is 3.25. The van der Waals surface area contributed by atoms with Crippen molar-refractivity contribution in [2.75, 3.05) is 12.5 Å². The Balaban J connectivity index is 0.00000108. The van der Waals surface area contributed by atoms with Crippen LogP contribution in [0, 0.1) is 0 Å². The molecule has 0 aliphatic heterocycles. The Bertz CT molecular complexity index is 488. The van der Waals surface area contributed by atoms with Crippen molar-refractivity contribution in [3.8, 4) is 11.1 Å².